The fraction of sp³-hybridized carbons (Fsp3) is 0.308. The van der Waals surface area contributed by atoms with E-state index in [-0.39, 0.29) is 101 Å². The van der Waals surface area contributed by atoms with E-state index in [2.05, 4.69) is 0 Å². The van der Waals surface area contributed by atoms with Crippen LogP contribution >= 0.6 is 0 Å². The van der Waals surface area contributed by atoms with Crippen molar-refractivity contribution in [2.75, 3.05) is 13.2 Å². The molecule has 0 amide bonds. The molecule has 5 nitrogen and oxygen atoms in total. The Morgan fingerprint density at radius 3 is 2.60 bits per heavy atom. The number of hydrogen-bond donors (Lipinski definition) is 2. The van der Waals surface area contributed by atoms with Gasteiger partial charge < -0.3 is 19.4 Å². The fourth-order valence-electron chi connectivity index (χ4n) is 1.53. The normalized spacial score (nSPS) is 11.3. The minimum absolute atomic E-state index is 0. The SMILES string of the molecule is O=c1ccc2ccc(OCC[C@H](O)CO)cc2o1.[Ac].[Ac]. The maximum absolute atomic E-state index is 11.1. The second-order valence-corrected chi connectivity index (χ2v) is 3.93. The Bertz CT molecular complexity index is 584. The summed E-state index contributed by atoms with van der Waals surface area (Å²) in [6.07, 6.45) is -0.434. The van der Waals surface area contributed by atoms with Crippen molar-refractivity contribution in [3.8, 4) is 5.75 Å². The molecule has 2 rings (SSSR count). The molecule has 0 saturated carbocycles. The molecule has 0 spiro atoms. The summed E-state index contributed by atoms with van der Waals surface area (Å²) in [7, 11) is 0. The van der Waals surface area contributed by atoms with Crippen LogP contribution in [0.15, 0.2) is 39.5 Å². The van der Waals surface area contributed by atoms with Crippen LogP contribution in [0.1, 0.15) is 6.42 Å². The zero-order valence-electron chi connectivity index (χ0n) is 10.9. The Hall–Kier alpha value is 1.03. The van der Waals surface area contributed by atoms with Gasteiger partial charge >= 0.3 is 5.63 Å². The van der Waals surface area contributed by atoms with Crippen molar-refractivity contribution in [2.24, 2.45) is 0 Å². The summed E-state index contributed by atoms with van der Waals surface area (Å²) < 4.78 is 10.4. The second kappa shape index (κ2) is 10.7. The second-order valence-electron chi connectivity index (χ2n) is 3.93. The smallest absolute Gasteiger partial charge is 0.336 e. The Balaban J connectivity index is 0.00000180. The first-order valence-electron chi connectivity index (χ1n) is 5.64. The molecule has 20 heavy (non-hydrogen) atoms. The van der Waals surface area contributed by atoms with E-state index < -0.39 is 11.7 Å². The quantitative estimate of drug-likeness (QED) is 0.454. The molecule has 0 fully saturated rings. The van der Waals surface area contributed by atoms with Crippen LogP contribution in [0.25, 0.3) is 11.0 Å². The molecular weight excluding hydrogens is 690 g/mol. The third-order valence-electron chi connectivity index (χ3n) is 2.53. The topological polar surface area (TPSA) is 79.9 Å². The molecule has 0 bridgehead atoms. The molecule has 2 N–H and O–H groups in total. The Labute approximate surface area is 187 Å². The third kappa shape index (κ3) is 6.43. The fourth-order valence-corrected chi connectivity index (χ4v) is 1.53. The van der Waals surface area contributed by atoms with Crippen molar-refractivity contribution >= 4 is 11.0 Å². The molecule has 0 aliphatic carbocycles. The molecule has 2 aromatic rings. The average molecular weight is 704 g/mol. The zero-order valence-corrected chi connectivity index (χ0v) is 20.4. The van der Waals surface area contributed by atoms with Gasteiger partial charge in [0, 0.05) is 112 Å². The van der Waals surface area contributed by atoms with Crippen molar-refractivity contribution in [1.82, 2.24) is 0 Å². The molecule has 0 unspecified atom stereocenters. The number of aliphatic hydroxyl groups is 2. The zero-order chi connectivity index (χ0) is 13.0. The van der Waals surface area contributed by atoms with Crippen molar-refractivity contribution in [3.05, 3.63) is 40.8 Å². The average Bonchev–Trinajstić information content (AvgIpc) is 2.38. The Morgan fingerprint density at radius 2 is 1.90 bits per heavy atom. The largest absolute Gasteiger partial charge is 0.493 e. The molecule has 1 aromatic heterocycles. The van der Waals surface area contributed by atoms with Gasteiger partial charge in [-0.3, -0.25) is 0 Å². The van der Waals surface area contributed by atoms with Gasteiger partial charge in [0.2, 0.25) is 0 Å². The van der Waals surface area contributed by atoms with E-state index in [9.17, 15) is 4.79 Å². The van der Waals surface area contributed by atoms with E-state index in [0.29, 0.717) is 17.8 Å². The number of ether oxygens (including phenoxy) is 1. The molecule has 1 aromatic carbocycles. The molecule has 0 aliphatic heterocycles. The van der Waals surface area contributed by atoms with Gasteiger partial charge in [0.15, 0.2) is 0 Å². The summed E-state index contributed by atoms with van der Waals surface area (Å²) in [5, 5.41) is 18.6. The minimum atomic E-state index is -0.775. The number of hydrogen-bond acceptors (Lipinski definition) is 5. The molecule has 0 saturated heterocycles. The van der Waals surface area contributed by atoms with Gasteiger partial charge in [-0.15, -0.1) is 0 Å². The number of aliphatic hydroxyl groups excluding tert-OH is 2. The molecular formula is C13H14Ac2O5. The van der Waals surface area contributed by atoms with Gasteiger partial charge in [0.1, 0.15) is 11.3 Å². The third-order valence-corrected chi connectivity index (χ3v) is 2.53. The maximum Gasteiger partial charge on any atom is 0.336 e. The number of fused-ring (bicyclic) bond motifs is 1. The van der Waals surface area contributed by atoms with E-state index in [4.69, 9.17) is 19.4 Å². The first-order chi connectivity index (χ1) is 8.69. The predicted molar refractivity (Wildman–Crippen MR) is 65.7 cm³/mol. The summed E-state index contributed by atoms with van der Waals surface area (Å²) in [5.41, 5.74) is 0.0538. The molecule has 7 heteroatoms. The van der Waals surface area contributed by atoms with Crippen molar-refractivity contribution in [3.63, 3.8) is 0 Å². The first-order valence-corrected chi connectivity index (χ1v) is 5.64. The summed E-state index contributed by atoms with van der Waals surface area (Å²) in [4.78, 5) is 11.1. The van der Waals surface area contributed by atoms with Crippen LogP contribution in [-0.4, -0.2) is 29.5 Å². The van der Waals surface area contributed by atoms with Crippen LogP contribution in [0.5, 0.6) is 5.75 Å². The van der Waals surface area contributed by atoms with Gasteiger partial charge in [0.25, 0.3) is 0 Å². The van der Waals surface area contributed by atoms with Crippen molar-refractivity contribution < 1.29 is 107 Å². The van der Waals surface area contributed by atoms with E-state index in [1.807, 2.05) is 0 Å². The number of benzene rings is 1. The minimum Gasteiger partial charge on any atom is -0.493 e. The van der Waals surface area contributed by atoms with Crippen LogP contribution in [0.3, 0.4) is 0 Å². The van der Waals surface area contributed by atoms with Crippen LogP contribution in [0.2, 0.25) is 0 Å². The van der Waals surface area contributed by atoms with Gasteiger partial charge in [0.05, 0.1) is 19.3 Å². The predicted octanol–water partition coefficient (Wildman–Crippen LogP) is 0.915. The Kier molecular flexibility index (Phi) is 11.3. The molecule has 1 atom stereocenters. The molecule has 0 aliphatic rings. The van der Waals surface area contributed by atoms with E-state index in [1.54, 1.807) is 24.3 Å². The molecule has 2 radical (unpaired) electrons. The maximum atomic E-state index is 11.1. The summed E-state index contributed by atoms with van der Waals surface area (Å²) >= 11 is 0. The molecule has 1 heterocycles. The van der Waals surface area contributed by atoms with E-state index in [1.165, 1.54) is 6.07 Å². The van der Waals surface area contributed by atoms with Gasteiger partial charge in [-0.2, -0.15) is 0 Å². The van der Waals surface area contributed by atoms with Crippen molar-refractivity contribution in [2.45, 2.75) is 12.5 Å². The summed E-state index contributed by atoms with van der Waals surface area (Å²) in [5.74, 6) is 0.557. The van der Waals surface area contributed by atoms with Crippen LogP contribution in [0.4, 0.5) is 0 Å². The van der Waals surface area contributed by atoms with Gasteiger partial charge in [-0.25, -0.2) is 4.79 Å². The van der Waals surface area contributed by atoms with Crippen molar-refractivity contribution in [1.29, 1.82) is 0 Å². The van der Waals surface area contributed by atoms with Gasteiger partial charge in [-0.1, -0.05) is 0 Å². The van der Waals surface area contributed by atoms with Gasteiger partial charge in [-0.05, 0) is 18.2 Å². The summed E-state index contributed by atoms with van der Waals surface area (Å²) in [6.45, 7) is 0.000252. The van der Waals surface area contributed by atoms with Crippen LogP contribution in [0, 0.1) is 88.1 Å². The number of rotatable bonds is 5. The van der Waals surface area contributed by atoms with E-state index in [0.717, 1.165) is 5.39 Å². The first kappa shape index (κ1) is 21.0. The van der Waals surface area contributed by atoms with E-state index >= 15 is 0 Å². The van der Waals surface area contributed by atoms with Crippen LogP contribution in [-0.2, 0) is 0 Å². The Morgan fingerprint density at radius 1 is 1.20 bits per heavy atom. The summed E-state index contributed by atoms with van der Waals surface area (Å²) in [6, 6.07) is 8.22. The standard InChI is InChI=1S/C13H14O5.2Ac/c14-8-10(15)5-6-17-11-3-1-9-2-4-13(16)18-12(9)7-11;;/h1-4,7,10,14-15H,5-6,8H2;;/t10-;;/m0../s1. The van der Waals surface area contributed by atoms with Crippen LogP contribution < -0.4 is 10.4 Å². The molecule has 102 valence electrons. The monoisotopic (exact) mass is 704 g/mol.